The Kier molecular flexibility index (Phi) is 4.16. The maximum Gasteiger partial charge on any atom is 0.249 e. The minimum absolute atomic E-state index is 0.00366. The molecular weight excluding hydrogens is 210 g/mol. The first-order valence-corrected chi connectivity index (χ1v) is 5.33. The molecule has 0 saturated heterocycles. The van der Waals surface area contributed by atoms with E-state index >= 15 is 0 Å². The van der Waals surface area contributed by atoms with Crippen LogP contribution in [0.5, 0.6) is 0 Å². The molecule has 0 amide bonds. The third-order valence-corrected chi connectivity index (χ3v) is 2.54. The zero-order chi connectivity index (χ0) is 12.2. The first-order chi connectivity index (χ1) is 7.44. The van der Waals surface area contributed by atoms with Crippen molar-refractivity contribution in [2.24, 2.45) is 0 Å². The van der Waals surface area contributed by atoms with Gasteiger partial charge in [0.25, 0.3) is 0 Å². The van der Waals surface area contributed by atoms with Crippen molar-refractivity contribution in [1.29, 1.82) is 0 Å². The molecule has 0 aliphatic heterocycles. The maximum absolute atomic E-state index is 13.0. The summed E-state index contributed by atoms with van der Waals surface area (Å²) in [4.78, 5) is 10.4. The lowest BCUT2D eigenvalue weighted by atomic mass is 9.91. The van der Waals surface area contributed by atoms with Crippen molar-refractivity contribution in [3.63, 3.8) is 0 Å². The molecule has 1 atom stereocenters. The number of benzene rings is 1. The molecule has 0 aliphatic rings. The fourth-order valence-electron chi connectivity index (χ4n) is 1.78. The minimum Gasteiger partial charge on any atom is -0.303 e. The molecule has 16 heavy (non-hydrogen) atoms. The smallest absolute Gasteiger partial charge is 0.249 e. The van der Waals surface area contributed by atoms with Gasteiger partial charge in [0.15, 0.2) is 0 Å². The van der Waals surface area contributed by atoms with Gasteiger partial charge in [-0.3, -0.25) is 0 Å². The Morgan fingerprint density at radius 1 is 1.38 bits per heavy atom. The summed E-state index contributed by atoms with van der Waals surface area (Å²) in [6.07, 6.45) is 0.921. The molecule has 1 aromatic carbocycles. The van der Waals surface area contributed by atoms with E-state index in [0.29, 0.717) is 12.0 Å². The van der Waals surface area contributed by atoms with E-state index in [2.05, 4.69) is 0 Å². The zero-order valence-electron chi connectivity index (χ0n) is 9.54. The Bertz CT molecular complexity index is 355. The lowest BCUT2D eigenvalue weighted by Gasteiger charge is -2.17. The number of halogens is 2. The van der Waals surface area contributed by atoms with E-state index in [-0.39, 0.29) is 12.3 Å². The lowest BCUT2D eigenvalue weighted by molar-refractivity contribution is -0.108. The monoisotopic (exact) mass is 226 g/mol. The molecular formula is C13H16F2O. The van der Waals surface area contributed by atoms with Gasteiger partial charge in [-0.15, -0.1) is 0 Å². The van der Waals surface area contributed by atoms with E-state index in [0.717, 1.165) is 18.8 Å². The maximum atomic E-state index is 13.0. The Labute approximate surface area is 94.5 Å². The second-order valence-electron chi connectivity index (χ2n) is 4.25. The summed E-state index contributed by atoms with van der Waals surface area (Å²) in [5.41, 5.74) is 1.47. The van der Waals surface area contributed by atoms with Gasteiger partial charge in [-0.05, 0) is 24.0 Å². The average molecular weight is 226 g/mol. The van der Waals surface area contributed by atoms with Crippen LogP contribution in [-0.4, -0.2) is 12.2 Å². The van der Waals surface area contributed by atoms with Crippen molar-refractivity contribution in [2.45, 2.75) is 38.5 Å². The summed E-state index contributed by atoms with van der Waals surface area (Å²) in [6.45, 7) is 2.79. The highest BCUT2D eigenvalue weighted by molar-refractivity contribution is 5.52. The van der Waals surface area contributed by atoms with Crippen LogP contribution in [0.1, 0.15) is 37.3 Å². The lowest BCUT2D eigenvalue weighted by Crippen LogP contribution is -2.15. The Morgan fingerprint density at radius 3 is 2.56 bits per heavy atom. The molecule has 1 nitrogen and oxygen atoms in total. The van der Waals surface area contributed by atoms with E-state index in [1.54, 1.807) is 12.1 Å². The highest BCUT2D eigenvalue weighted by Gasteiger charge is 2.23. The third kappa shape index (κ3) is 3.72. The van der Waals surface area contributed by atoms with Gasteiger partial charge in [0.05, 0.1) is 0 Å². The molecule has 1 aromatic rings. The molecule has 88 valence electrons. The summed E-state index contributed by atoms with van der Waals surface area (Å²) in [5, 5.41) is 0. The fraction of sp³-hybridized carbons (Fsp3) is 0.462. The number of hydrogen-bond donors (Lipinski definition) is 0. The molecule has 0 bridgehead atoms. The summed E-state index contributed by atoms with van der Waals surface area (Å²) in [7, 11) is 0. The third-order valence-electron chi connectivity index (χ3n) is 2.54. The number of rotatable bonds is 5. The average Bonchev–Trinajstić information content (AvgIpc) is 2.16. The van der Waals surface area contributed by atoms with Gasteiger partial charge >= 0.3 is 0 Å². The van der Waals surface area contributed by atoms with Crippen molar-refractivity contribution < 1.29 is 13.6 Å². The molecule has 3 heteroatoms. The van der Waals surface area contributed by atoms with Gasteiger partial charge < -0.3 is 4.79 Å². The van der Waals surface area contributed by atoms with Crippen molar-refractivity contribution in [3.8, 4) is 0 Å². The molecule has 0 aromatic heterocycles. The summed E-state index contributed by atoms with van der Waals surface area (Å²) in [6, 6.07) is 7.08. The normalized spacial score (nSPS) is 13.5. The standard InChI is InChI=1S/C13H16F2O/c1-10(7-8-16)12-6-4-3-5-11(12)9-13(2,14)15/h3-6,8,10H,7,9H2,1-2H3. The predicted molar refractivity (Wildman–Crippen MR) is 59.9 cm³/mol. The van der Waals surface area contributed by atoms with Crippen molar-refractivity contribution >= 4 is 6.29 Å². The van der Waals surface area contributed by atoms with E-state index in [1.807, 2.05) is 19.1 Å². The first-order valence-electron chi connectivity index (χ1n) is 5.33. The second-order valence-corrected chi connectivity index (χ2v) is 4.25. The van der Waals surface area contributed by atoms with Crippen LogP contribution in [0.3, 0.4) is 0 Å². The Morgan fingerprint density at radius 2 is 2.00 bits per heavy atom. The number of hydrogen-bond acceptors (Lipinski definition) is 1. The summed E-state index contributed by atoms with van der Waals surface area (Å²) >= 11 is 0. The first kappa shape index (κ1) is 12.8. The molecule has 0 fully saturated rings. The second kappa shape index (κ2) is 5.19. The van der Waals surface area contributed by atoms with Crippen LogP contribution in [0.2, 0.25) is 0 Å². The van der Waals surface area contributed by atoms with Crippen LogP contribution in [0.25, 0.3) is 0 Å². The highest BCUT2D eigenvalue weighted by Crippen LogP contribution is 2.27. The SMILES string of the molecule is CC(CC=O)c1ccccc1CC(C)(F)F. The van der Waals surface area contributed by atoms with Gasteiger partial charge in [-0.2, -0.15) is 0 Å². The molecule has 0 heterocycles. The highest BCUT2D eigenvalue weighted by atomic mass is 19.3. The summed E-state index contributed by atoms with van der Waals surface area (Å²) in [5.74, 6) is -2.71. The predicted octanol–water partition coefficient (Wildman–Crippen LogP) is 3.58. The molecule has 0 aliphatic carbocycles. The van der Waals surface area contributed by atoms with E-state index in [9.17, 15) is 13.6 Å². The number of aldehydes is 1. The number of alkyl halides is 2. The molecule has 0 radical (unpaired) electrons. The molecule has 0 N–H and O–H groups in total. The van der Waals surface area contributed by atoms with Gasteiger partial charge in [0.1, 0.15) is 6.29 Å². The number of carbonyl (C=O) groups excluding carboxylic acids is 1. The summed E-state index contributed by atoms with van der Waals surface area (Å²) < 4.78 is 25.9. The molecule has 0 saturated carbocycles. The van der Waals surface area contributed by atoms with Crippen molar-refractivity contribution in [3.05, 3.63) is 35.4 Å². The van der Waals surface area contributed by atoms with Crippen molar-refractivity contribution in [1.82, 2.24) is 0 Å². The van der Waals surface area contributed by atoms with Crippen LogP contribution < -0.4 is 0 Å². The van der Waals surface area contributed by atoms with Gasteiger partial charge in [0, 0.05) is 12.8 Å². The van der Waals surface area contributed by atoms with E-state index < -0.39 is 5.92 Å². The van der Waals surface area contributed by atoms with Gasteiger partial charge in [0.2, 0.25) is 5.92 Å². The number of carbonyl (C=O) groups is 1. The molecule has 0 spiro atoms. The largest absolute Gasteiger partial charge is 0.303 e. The van der Waals surface area contributed by atoms with Crippen LogP contribution >= 0.6 is 0 Å². The van der Waals surface area contributed by atoms with Crippen LogP contribution in [0.15, 0.2) is 24.3 Å². The minimum atomic E-state index is -2.71. The fourth-order valence-corrected chi connectivity index (χ4v) is 1.78. The van der Waals surface area contributed by atoms with Crippen molar-refractivity contribution in [2.75, 3.05) is 0 Å². The molecule has 1 rings (SSSR count). The zero-order valence-corrected chi connectivity index (χ0v) is 9.54. The van der Waals surface area contributed by atoms with Gasteiger partial charge in [-0.25, -0.2) is 8.78 Å². The van der Waals surface area contributed by atoms with Crippen LogP contribution in [0, 0.1) is 0 Å². The Balaban J connectivity index is 2.95. The topological polar surface area (TPSA) is 17.1 Å². The quantitative estimate of drug-likeness (QED) is 0.701. The van der Waals surface area contributed by atoms with E-state index in [4.69, 9.17) is 0 Å². The van der Waals surface area contributed by atoms with E-state index in [1.165, 1.54) is 0 Å². The molecule has 1 unspecified atom stereocenters. The Hall–Kier alpha value is -1.25. The van der Waals surface area contributed by atoms with Crippen LogP contribution in [-0.2, 0) is 11.2 Å². The van der Waals surface area contributed by atoms with Crippen LogP contribution in [0.4, 0.5) is 8.78 Å². The van der Waals surface area contributed by atoms with Gasteiger partial charge in [-0.1, -0.05) is 31.2 Å².